The molecule has 0 spiro atoms. The SMILES string of the molecule is CC[C@H](C)N1C(=O)[C@@H]2[C@@H](C1=O)[C@@H]1C=C(C)c3ccccc3N1[C@@H]2C(=O)c1cccc([N+](=O)[O-])c1. The third kappa shape index (κ3) is 3.01. The Morgan fingerprint density at radius 2 is 1.79 bits per heavy atom. The van der Waals surface area contributed by atoms with Gasteiger partial charge in [0.05, 0.1) is 22.8 Å². The molecule has 3 aliphatic heterocycles. The zero-order chi connectivity index (χ0) is 24.3. The Bertz CT molecular complexity index is 1270. The summed E-state index contributed by atoms with van der Waals surface area (Å²) >= 11 is 0. The molecule has 0 radical (unpaired) electrons. The largest absolute Gasteiger partial charge is 0.352 e. The number of amides is 2. The zero-order valence-electron chi connectivity index (χ0n) is 19.2. The van der Waals surface area contributed by atoms with Crippen molar-refractivity contribution in [2.75, 3.05) is 4.90 Å². The van der Waals surface area contributed by atoms with Crippen molar-refractivity contribution in [2.45, 2.75) is 45.3 Å². The molecule has 0 N–H and O–H groups in total. The fourth-order valence-electron chi connectivity index (χ4n) is 5.68. The maximum absolute atomic E-state index is 13.9. The average molecular weight is 460 g/mol. The summed E-state index contributed by atoms with van der Waals surface area (Å²) in [6.45, 7) is 5.72. The number of para-hydroxylation sites is 1. The van der Waals surface area contributed by atoms with Gasteiger partial charge in [-0.15, -0.1) is 0 Å². The number of carbonyl (C=O) groups excluding carboxylic acids is 3. The predicted molar refractivity (Wildman–Crippen MR) is 126 cm³/mol. The second-order valence-electron chi connectivity index (χ2n) is 9.24. The number of allylic oxidation sites excluding steroid dienone is 1. The predicted octanol–water partition coefficient (Wildman–Crippen LogP) is 3.85. The van der Waals surface area contributed by atoms with Crippen LogP contribution in [0.4, 0.5) is 11.4 Å². The summed E-state index contributed by atoms with van der Waals surface area (Å²) < 4.78 is 0. The first kappa shape index (κ1) is 22.0. The van der Waals surface area contributed by atoms with Crippen LogP contribution in [-0.2, 0) is 9.59 Å². The minimum absolute atomic E-state index is 0.157. The molecule has 2 amide bonds. The second-order valence-corrected chi connectivity index (χ2v) is 9.24. The van der Waals surface area contributed by atoms with E-state index >= 15 is 0 Å². The minimum atomic E-state index is -0.937. The first-order chi connectivity index (χ1) is 16.3. The van der Waals surface area contributed by atoms with Crippen LogP contribution < -0.4 is 4.90 Å². The molecule has 5 rings (SSSR count). The molecule has 5 atom stereocenters. The highest BCUT2D eigenvalue weighted by atomic mass is 16.6. The topological polar surface area (TPSA) is 101 Å². The van der Waals surface area contributed by atoms with Gasteiger partial charge in [-0.05, 0) is 31.9 Å². The Morgan fingerprint density at radius 3 is 2.50 bits per heavy atom. The van der Waals surface area contributed by atoms with E-state index in [4.69, 9.17) is 0 Å². The van der Waals surface area contributed by atoms with E-state index in [2.05, 4.69) is 0 Å². The maximum Gasteiger partial charge on any atom is 0.270 e. The summed E-state index contributed by atoms with van der Waals surface area (Å²) in [5, 5.41) is 11.3. The molecule has 0 saturated carbocycles. The molecule has 2 saturated heterocycles. The molecule has 2 aromatic carbocycles. The van der Waals surface area contributed by atoms with Crippen molar-refractivity contribution in [3.63, 3.8) is 0 Å². The fraction of sp³-hybridized carbons (Fsp3) is 0.346. The van der Waals surface area contributed by atoms with Gasteiger partial charge in [-0.3, -0.25) is 29.4 Å². The third-order valence-electron chi connectivity index (χ3n) is 7.43. The number of hydrogen-bond acceptors (Lipinski definition) is 6. The summed E-state index contributed by atoms with van der Waals surface area (Å²) in [7, 11) is 0. The van der Waals surface area contributed by atoms with Crippen molar-refractivity contribution < 1.29 is 19.3 Å². The number of non-ortho nitro benzene ring substituents is 1. The number of rotatable bonds is 5. The van der Waals surface area contributed by atoms with Gasteiger partial charge in [0.2, 0.25) is 11.8 Å². The van der Waals surface area contributed by atoms with Gasteiger partial charge in [0.25, 0.3) is 5.69 Å². The van der Waals surface area contributed by atoms with Crippen LogP contribution in [0, 0.1) is 22.0 Å². The Balaban J connectivity index is 1.68. The molecule has 0 bridgehead atoms. The van der Waals surface area contributed by atoms with E-state index in [1.165, 1.54) is 29.2 Å². The molecule has 2 fully saturated rings. The Hall–Kier alpha value is -3.81. The summed E-state index contributed by atoms with van der Waals surface area (Å²) in [5.41, 5.74) is 2.68. The number of nitro groups is 1. The van der Waals surface area contributed by atoms with Gasteiger partial charge in [-0.1, -0.05) is 43.3 Å². The van der Waals surface area contributed by atoms with Crippen molar-refractivity contribution in [3.05, 3.63) is 75.8 Å². The van der Waals surface area contributed by atoms with E-state index in [-0.39, 0.29) is 29.1 Å². The number of anilines is 1. The summed E-state index contributed by atoms with van der Waals surface area (Å²) in [6.07, 6.45) is 2.60. The first-order valence-electron chi connectivity index (χ1n) is 11.5. The van der Waals surface area contributed by atoms with Gasteiger partial charge < -0.3 is 4.90 Å². The van der Waals surface area contributed by atoms with Gasteiger partial charge in [0.15, 0.2) is 5.78 Å². The van der Waals surface area contributed by atoms with Crippen molar-refractivity contribution in [3.8, 4) is 0 Å². The number of benzene rings is 2. The monoisotopic (exact) mass is 459 g/mol. The highest BCUT2D eigenvalue weighted by Crippen LogP contribution is 2.50. The standard InChI is InChI=1S/C26H25N3O5/c1-4-15(3)27-25(31)21-20-12-14(2)18-10-5-6-11-19(18)28(20)23(22(21)26(27)32)24(30)16-8-7-9-17(13-16)29(33)34/h5-13,15,20-23H,4H2,1-3H3/t15-,20-,21-,22+,23-/m0/s1. The van der Waals surface area contributed by atoms with Crippen molar-refractivity contribution in [1.29, 1.82) is 0 Å². The maximum atomic E-state index is 13.9. The third-order valence-corrected chi connectivity index (χ3v) is 7.43. The normalized spacial score (nSPS) is 26.0. The van der Waals surface area contributed by atoms with E-state index in [1.54, 1.807) is 0 Å². The molecule has 0 aromatic heterocycles. The molecular formula is C26H25N3O5. The van der Waals surface area contributed by atoms with Crippen LogP contribution in [-0.4, -0.2) is 45.5 Å². The van der Waals surface area contributed by atoms with Crippen molar-refractivity contribution >= 4 is 34.5 Å². The molecule has 2 aromatic rings. The quantitative estimate of drug-likeness (QED) is 0.291. The zero-order valence-corrected chi connectivity index (χ0v) is 19.2. The Labute approximate surface area is 197 Å². The average Bonchev–Trinajstić information content (AvgIpc) is 3.31. The summed E-state index contributed by atoms with van der Waals surface area (Å²) in [6, 6.07) is 11.5. The number of imide groups is 1. The number of nitrogens with zero attached hydrogens (tertiary/aromatic N) is 3. The van der Waals surface area contributed by atoms with Crippen molar-refractivity contribution in [2.24, 2.45) is 11.8 Å². The molecule has 3 aliphatic rings. The molecule has 0 aliphatic carbocycles. The van der Waals surface area contributed by atoms with Crippen LogP contribution in [0.3, 0.4) is 0 Å². The lowest BCUT2D eigenvalue weighted by molar-refractivity contribution is -0.384. The van der Waals surface area contributed by atoms with Gasteiger partial charge in [0, 0.05) is 35.0 Å². The second kappa shape index (κ2) is 7.90. The van der Waals surface area contributed by atoms with E-state index in [0.717, 1.165) is 16.8 Å². The van der Waals surface area contributed by atoms with E-state index in [1.807, 2.05) is 56.0 Å². The minimum Gasteiger partial charge on any atom is -0.352 e. The van der Waals surface area contributed by atoms with E-state index in [9.17, 15) is 24.5 Å². The smallest absolute Gasteiger partial charge is 0.270 e. The molecule has 174 valence electrons. The lowest BCUT2D eigenvalue weighted by Gasteiger charge is -2.38. The van der Waals surface area contributed by atoms with E-state index < -0.39 is 34.6 Å². The highest BCUT2D eigenvalue weighted by molar-refractivity contribution is 6.14. The van der Waals surface area contributed by atoms with Gasteiger partial charge in [-0.25, -0.2) is 0 Å². The molecule has 3 heterocycles. The number of ketones is 1. The number of fused-ring (bicyclic) bond motifs is 5. The van der Waals surface area contributed by atoms with Gasteiger partial charge in [-0.2, -0.15) is 0 Å². The Morgan fingerprint density at radius 1 is 1.09 bits per heavy atom. The van der Waals surface area contributed by atoms with Crippen LogP contribution in [0.15, 0.2) is 54.6 Å². The molecule has 34 heavy (non-hydrogen) atoms. The van der Waals surface area contributed by atoms with E-state index in [0.29, 0.717) is 6.42 Å². The lowest BCUT2D eigenvalue weighted by atomic mass is 9.85. The molecule has 0 unspecified atom stereocenters. The van der Waals surface area contributed by atoms with Gasteiger partial charge >= 0.3 is 0 Å². The molecular weight excluding hydrogens is 434 g/mol. The molecule has 8 heteroatoms. The van der Waals surface area contributed by atoms with Crippen LogP contribution >= 0.6 is 0 Å². The van der Waals surface area contributed by atoms with Crippen LogP contribution in [0.25, 0.3) is 5.57 Å². The number of nitro benzene ring substituents is 1. The van der Waals surface area contributed by atoms with Crippen LogP contribution in [0.1, 0.15) is 43.1 Å². The first-order valence-corrected chi connectivity index (χ1v) is 11.5. The number of hydrogen-bond donors (Lipinski definition) is 0. The number of likely N-dealkylation sites (tertiary alicyclic amines) is 1. The van der Waals surface area contributed by atoms with Crippen LogP contribution in [0.5, 0.6) is 0 Å². The van der Waals surface area contributed by atoms with Crippen LogP contribution in [0.2, 0.25) is 0 Å². The lowest BCUT2D eigenvalue weighted by Crippen LogP contribution is -2.50. The fourth-order valence-corrected chi connectivity index (χ4v) is 5.68. The number of carbonyl (C=O) groups is 3. The summed E-state index contributed by atoms with van der Waals surface area (Å²) in [4.78, 5) is 55.2. The Kier molecular flexibility index (Phi) is 5.11. The summed E-state index contributed by atoms with van der Waals surface area (Å²) in [5.74, 6) is -2.52. The van der Waals surface area contributed by atoms with Gasteiger partial charge in [0.1, 0.15) is 6.04 Å². The number of Topliss-reactive ketones (excluding diaryl/α,β-unsaturated/α-hetero) is 1. The van der Waals surface area contributed by atoms with Crippen molar-refractivity contribution in [1.82, 2.24) is 4.90 Å². The highest BCUT2D eigenvalue weighted by Gasteiger charge is 2.64. The molecule has 8 nitrogen and oxygen atoms in total.